The molecule has 3 N–H and O–H groups in total. The van der Waals surface area contributed by atoms with Crippen molar-refractivity contribution in [2.75, 3.05) is 0 Å². The smallest absolute Gasteiger partial charge is 0.290 e. The average Bonchev–Trinajstić information content (AvgIpc) is 3.05. The molecule has 2 heterocycles. The maximum absolute atomic E-state index is 11.8. The van der Waals surface area contributed by atoms with Crippen LogP contribution in [0.3, 0.4) is 0 Å². The van der Waals surface area contributed by atoms with Gasteiger partial charge in [-0.1, -0.05) is 20.4 Å². The molecule has 6 nitrogen and oxygen atoms in total. The van der Waals surface area contributed by atoms with Gasteiger partial charge in [0.05, 0.1) is 12.0 Å². The predicted molar refractivity (Wildman–Crippen MR) is 71.0 cm³/mol. The van der Waals surface area contributed by atoms with Crippen LogP contribution in [0.15, 0.2) is 35.5 Å². The Kier molecular flexibility index (Phi) is 3.70. The number of rotatable bonds is 5. The molecule has 6 heteroatoms. The van der Waals surface area contributed by atoms with Crippen LogP contribution in [0.2, 0.25) is 0 Å². The highest BCUT2D eigenvalue weighted by atomic mass is 16.3. The first-order valence-electron chi connectivity index (χ1n) is 5.92. The number of nitrogens with one attached hydrogen (secondary N) is 3. The number of amides is 1. The molecular weight excluding hydrogens is 244 g/mol. The van der Waals surface area contributed by atoms with Crippen LogP contribution in [0.1, 0.15) is 41.7 Å². The molecular formula is C13H16N4O2. The molecule has 0 aromatic carbocycles. The van der Waals surface area contributed by atoms with Crippen molar-refractivity contribution in [3.63, 3.8) is 0 Å². The van der Waals surface area contributed by atoms with Crippen molar-refractivity contribution in [3.8, 4) is 0 Å². The van der Waals surface area contributed by atoms with Gasteiger partial charge < -0.3 is 4.42 Å². The van der Waals surface area contributed by atoms with Gasteiger partial charge in [0.2, 0.25) is 0 Å². The summed E-state index contributed by atoms with van der Waals surface area (Å²) >= 11 is 0. The molecule has 0 atom stereocenters. The lowest BCUT2D eigenvalue weighted by Gasteiger charge is -2.07. The highest BCUT2D eigenvalue weighted by molar-refractivity contribution is 5.92. The fraction of sp³-hybridized carbons (Fsp3) is 0.231. The molecule has 0 bridgehead atoms. The lowest BCUT2D eigenvalue weighted by Crippen LogP contribution is -2.35. The van der Waals surface area contributed by atoms with Crippen LogP contribution in [0, 0.1) is 0 Å². The third-order valence-corrected chi connectivity index (χ3v) is 2.60. The van der Waals surface area contributed by atoms with Gasteiger partial charge in [0.15, 0.2) is 11.5 Å². The molecule has 100 valence electrons. The van der Waals surface area contributed by atoms with Crippen LogP contribution in [0.4, 0.5) is 0 Å². The first kappa shape index (κ1) is 12.9. The molecule has 2 aromatic rings. The van der Waals surface area contributed by atoms with Gasteiger partial charge in [0.25, 0.3) is 5.91 Å². The van der Waals surface area contributed by atoms with Crippen molar-refractivity contribution in [2.45, 2.75) is 19.8 Å². The third-order valence-electron chi connectivity index (χ3n) is 2.60. The number of hydrazine groups is 1. The van der Waals surface area contributed by atoms with E-state index in [2.05, 4.69) is 27.6 Å². The second-order valence-corrected chi connectivity index (χ2v) is 4.40. The summed E-state index contributed by atoms with van der Waals surface area (Å²) in [5, 5.41) is 6.77. The lowest BCUT2D eigenvalue weighted by molar-refractivity contribution is 0.0937. The summed E-state index contributed by atoms with van der Waals surface area (Å²) in [7, 11) is 0. The second kappa shape index (κ2) is 5.43. The van der Waals surface area contributed by atoms with Gasteiger partial charge in [-0.05, 0) is 24.1 Å². The molecule has 0 aliphatic rings. The lowest BCUT2D eigenvalue weighted by atomic mass is 10.1. The minimum atomic E-state index is -0.337. The number of furan rings is 1. The Balaban J connectivity index is 1.92. The zero-order valence-electron chi connectivity index (χ0n) is 10.9. The van der Waals surface area contributed by atoms with Gasteiger partial charge in [-0.3, -0.25) is 20.7 Å². The summed E-state index contributed by atoms with van der Waals surface area (Å²) in [6.45, 7) is 7.79. The third kappa shape index (κ3) is 3.04. The number of nitrogens with zero attached hydrogens (tertiary/aromatic N) is 1. The minimum absolute atomic E-state index is 0.292. The first-order valence-corrected chi connectivity index (χ1v) is 5.92. The largest absolute Gasteiger partial charge is 0.463 e. The van der Waals surface area contributed by atoms with Crippen LogP contribution in [0.5, 0.6) is 0 Å². The molecule has 19 heavy (non-hydrogen) atoms. The quantitative estimate of drug-likeness (QED) is 0.718. The molecule has 0 fully saturated rings. The van der Waals surface area contributed by atoms with Crippen molar-refractivity contribution in [1.82, 2.24) is 21.0 Å². The first-order chi connectivity index (χ1) is 9.08. The van der Waals surface area contributed by atoms with E-state index < -0.39 is 0 Å². The van der Waals surface area contributed by atoms with Crippen molar-refractivity contribution < 1.29 is 9.21 Å². The van der Waals surface area contributed by atoms with Crippen molar-refractivity contribution >= 4 is 11.6 Å². The van der Waals surface area contributed by atoms with Crippen LogP contribution < -0.4 is 10.9 Å². The number of hydrogen-bond acceptors (Lipinski definition) is 4. The predicted octanol–water partition coefficient (Wildman–Crippen LogP) is 2.03. The Morgan fingerprint density at radius 3 is 2.84 bits per heavy atom. The summed E-state index contributed by atoms with van der Waals surface area (Å²) in [5.74, 6) is 0.515. The van der Waals surface area contributed by atoms with E-state index in [4.69, 9.17) is 4.42 Å². The maximum atomic E-state index is 11.8. The van der Waals surface area contributed by atoms with E-state index in [1.807, 2.05) is 13.8 Å². The molecule has 0 radical (unpaired) electrons. The molecule has 0 aliphatic carbocycles. The van der Waals surface area contributed by atoms with E-state index in [9.17, 15) is 4.79 Å². The van der Waals surface area contributed by atoms with E-state index >= 15 is 0 Å². The van der Waals surface area contributed by atoms with Gasteiger partial charge in [0.1, 0.15) is 0 Å². The molecule has 2 rings (SSSR count). The van der Waals surface area contributed by atoms with Gasteiger partial charge in [-0.2, -0.15) is 5.10 Å². The van der Waals surface area contributed by atoms with E-state index in [0.29, 0.717) is 23.1 Å². The molecule has 0 unspecified atom stereocenters. The molecule has 0 saturated carbocycles. The topological polar surface area (TPSA) is 83.0 Å². The minimum Gasteiger partial charge on any atom is -0.463 e. The van der Waals surface area contributed by atoms with Crippen LogP contribution in [-0.2, 0) is 0 Å². The van der Waals surface area contributed by atoms with Gasteiger partial charge in [0, 0.05) is 5.69 Å². The van der Waals surface area contributed by atoms with Crippen molar-refractivity contribution in [1.29, 1.82) is 0 Å². The highest BCUT2D eigenvalue weighted by Gasteiger charge is 2.12. The molecule has 1 amide bonds. The second-order valence-electron chi connectivity index (χ2n) is 4.40. The van der Waals surface area contributed by atoms with Crippen LogP contribution in [0.25, 0.3) is 5.70 Å². The standard InChI is InChI=1S/C13H16N4O2/c1-8(2)10-7-11(16-15-10)13(18)17-14-9(3)12-5-4-6-19-12/h4-8,14H,3H2,1-2H3,(H,15,16)(H,17,18). The van der Waals surface area contributed by atoms with Crippen LogP contribution >= 0.6 is 0 Å². The monoisotopic (exact) mass is 260 g/mol. The maximum Gasteiger partial charge on any atom is 0.290 e. The van der Waals surface area contributed by atoms with E-state index in [0.717, 1.165) is 5.69 Å². The number of hydrogen-bond donors (Lipinski definition) is 3. The fourth-order valence-electron chi connectivity index (χ4n) is 1.46. The van der Waals surface area contributed by atoms with Crippen LogP contribution in [-0.4, -0.2) is 16.1 Å². The Bertz CT molecular complexity index is 569. The Morgan fingerprint density at radius 1 is 1.47 bits per heavy atom. The molecule has 2 aromatic heterocycles. The van der Waals surface area contributed by atoms with E-state index in [1.54, 1.807) is 18.2 Å². The highest BCUT2D eigenvalue weighted by Crippen LogP contribution is 2.12. The molecule has 0 saturated heterocycles. The zero-order valence-corrected chi connectivity index (χ0v) is 10.9. The van der Waals surface area contributed by atoms with Gasteiger partial charge in [-0.25, -0.2) is 0 Å². The number of H-pyrrole nitrogens is 1. The van der Waals surface area contributed by atoms with Gasteiger partial charge in [-0.15, -0.1) is 0 Å². The normalized spacial score (nSPS) is 10.5. The number of carbonyl (C=O) groups excluding carboxylic acids is 1. The van der Waals surface area contributed by atoms with Crippen molar-refractivity contribution in [3.05, 3.63) is 48.2 Å². The molecule has 0 aliphatic heterocycles. The molecule has 0 spiro atoms. The summed E-state index contributed by atoms with van der Waals surface area (Å²) in [5.41, 5.74) is 6.89. The Hall–Kier alpha value is -2.50. The van der Waals surface area contributed by atoms with Gasteiger partial charge >= 0.3 is 0 Å². The number of carbonyl (C=O) groups is 1. The van der Waals surface area contributed by atoms with Crippen molar-refractivity contribution in [2.24, 2.45) is 0 Å². The Morgan fingerprint density at radius 2 is 2.26 bits per heavy atom. The summed E-state index contributed by atoms with van der Waals surface area (Å²) in [6, 6.07) is 5.21. The SMILES string of the molecule is C=C(NNC(=O)c1cc(C(C)C)[nH]n1)c1ccco1. The number of aromatic amines is 1. The summed E-state index contributed by atoms with van der Waals surface area (Å²) < 4.78 is 5.13. The summed E-state index contributed by atoms with van der Waals surface area (Å²) in [6.07, 6.45) is 1.53. The zero-order chi connectivity index (χ0) is 13.8. The Labute approximate surface area is 110 Å². The number of aromatic nitrogens is 2. The van der Waals surface area contributed by atoms with E-state index in [-0.39, 0.29) is 5.91 Å². The fourth-order valence-corrected chi connectivity index (χ4v) is 1.46. The average molecular weight is 260 g/mol. The summed E-state index contributed by atoms with van der Waals surface area (Å²) in [4.78, 5) is 11.8. The van der Waals surface area contributed by atoms with E-state index in [1.165, 1.54) is 6.26 Å².